The number of hydrogen-bond donors (Lipinski definition) is 1. The largest absolute Gasteiger partial charge is 0.465 e. The van der Waals surface area contributed by atoms with E-state index in [1.807, 2.05) is 6.92 Å². The summed E-state index contributed by atoms with van der Waals surface area (Å²) in [4.78, 5) is 21.6. The molecule has 0 amide bonds. The number of hydrogen-bond acceptors (Lipinski definition) is 4. The fourth-order valence-electron chi connectivity index (χ4n) is 1.38. The minimum Gasteiger partial charge on any atom is -0.465 e. The van der Waals surface area contributed by atoms with Gasteiger partial charge in [-0.05, 0) is 37.3 Å². The van der Waals surface area contributed by atoms with Crippen molar-refractivity contribution in [3.63, 3.8) is 0 Å². The van der Waals surface area contributed by atoms with Crippen LogP contribution in [0, 0.1) is 5.92 Å². The van der Waals surface area contributed by atoms with E-state index in [-0.39, 0.29) is 23.6 Å². The summed E-state index contributed by atoms with van der Waals surface area (Å²) < 4.78 is 5.00. The highest BCUT2D eigenvalue weighted by atomic mass is 35.5. The molecule has 0 aliphatic rings. The van der Waals surface area contributed by atoms with Gasteiger partial charge in [-0.2, -0.15) is 0 Å². The Hall–Kier alpha value is -0.610. The predicted molar refractivity (Wildman–Crippen MR) is 65.7 cm³/mol. The van der Waals surface area contributed by atoms with Gasteiger partial charge >= 0.3 is 5.97 Å². The van der Waals surface area contributed by atoms with Crippen LogP contribution in [-0.2, 0) is 14.3 Å². The first-order valence-corrected chi connectivity index (χ1v) is 6.31. The molecule has 0 saturated heterocycles. The number of aliphatic hydroxyl groups excluding tert-OH is 1. The minimum absolute atomic E-state index is 0.0352. The molecular formula is C12H21ClO4. The maximum atomic E-state index is 11.1. The molecule has 2 atom stereocenters. The Morgan fingerprint density at radius 2 is 1.94 bits per heavy atom. The Morgan fingerprint density at radius 1 is 1.29 bits per heavy atom. The molecule has 0 aromatic carbocycles. The van der Waals surface area contributed by atoms with Gasteiger partial charge in [0.1, 0.15) is 0 Å². The van der Waals surface area contributed by atoms with Crippen molar-refractivity contribution in [3.8, 4) is 0 Å². The van der Waals surface area contributed by atoms with Crippen LogP contribution < -0.4 is 0 Å². The molecule has 0 spiro atoms. The van der Waals surface area contributed by atoms with Gasteiger partial charge in [0.05, 0.1) is 19.1 Å². The lowest BCUT2D eigenvalue weighted by Gasteiger charge is -2.12. The van der Waals surface area contributed by atoms with Gasteiger partial charge < -0.3 is 9.84 Å². The Balaban J connectivity index is 3.49. The van der Waals surface area contributed by atoms with Crippen molar-refractivity contribution in [2.45, 2.75) is 52.1 Å². The molecule has 0 heterocycles. The zero-order chi connectivity index (χ0) is 13.3. The van der Waals surface area contributed by atoms with Gasteiger partial charge in [-0.1, -0.05) is 13.3 Å². The third kappa shape index (κ3) is 11.6. The monoisotopic (exact) mass is 264 g/mol. The van der Waals surface area contributed by atoms with Crippen molar-refractivity contribution in [2.75, 3.05) is 6.61 Å². The molecule has 0 rings (SSSR count). The minimum atomic E-state index is -0.660. The van der Waals surface area contributed by atoms with Crippen LogP contribution in [0.4, 0.5) is 0 Å². The van der Waals surface area contributed by atoms with Gasteiger partial charge in [0, 0.05) is 6.42 Å². The number of carbonyl (C=O) groups excluding carboxylic acids is 2. The number of aliphatic hydroxyl groups is 1. The maximum absolute atomic E-state index is 11.1. The lowest BCUT2D eigenvalue weighted by atomic mass is 10.0. The summed E-state index contributed by atoms with van der Waals surface area (Å²) in [5.74, 6) is -0.110. The third-order valence-corrected chi connectivity index (χ3v) is 2.50. The van der Waals surface area contributed by atoms with Crippen LogP contribution in [0.5, 0.6) is 0 Å². The average molecular weight is 265 g/mol. The number of esters is 1. The molecule has 17 heavy (non-hydrogen) atoms. The maximum Gasteiger partial charge on any atom is 0.308 e. The molecule has 4 nitrogen and oxygen atoms in total. The van der Waals surface area contributed by atoms with Crippen LogP contribution in [0.15, 0.2) is 0 Å². The van der Waals surface area contributed by atoms with Crippen LogP contribution in [0.1, 0.15) is 46.0 Å². The Labute approximate surface area is 107 Å². The highest BCUT2D eigenvalue weighted by Crippen LogP contribution is 2.11. The highest BCUT2D eigenvalue weighted by molar-refractivity contribution is 6.63. The van der Waals surface area contributed by atoms with E-state index in [1.54, 1.807) is 6.92 Å². The third-order valence-electron chi connectivity index (χ3n) is 2.31. The SMILES string of the molecule is CC(CCCCC(=O)Cl)COC(=O)C[C@@H](C)O. The lowest BCUT2D eigenvalue weighted by molar-refractivity contribution is -0.146. The van der Waals surface area contributed by atoms with Crippen molar-refractivity contribution < 1.29 is 19.4 Å². The molecule has 0 fully saturated rings. The molecule has 5 heteroatoms. The zero-order valence-electron chi connectivity index (χ0n) is 10.4. The quantitative estimate of drug-likeness (QED) is 0.394. The molecule has 0 bridgehead atoms. The number of ether oxygens (including phenoxy) is 1. The van der Waals surface area contributed by atoms with E-state index in [9.17, 15) is 9.59 Å². The molecule has 0 aromatic heterocycles. The van der Waals surface area contributed by atoms with Crippen LogP contribution in [0.2, 0.25) is 0 Å². The molecule has 1 unspecified atom stereocenters. The number of halogens is 1. The zero-order valence-corrected chi connectivity index (χ0v) is 11.2. The molecule has 0 radical (unpaired) electrons. The molecule has 0 aliphatic carbocycles. The molecule has 0 aromatic rings. The van der Waals surface area contributed by atoms with Crippen LogP contribution in [-0.4, -0.2) is 29.0 Å². The van der Waals surface area contributed by atoms with Crippen molar-refractivity contribution in [1.82, 2.24) is 0 Å². The van der Waals surface area contributed by atoms with E-state index in [0.29, 0.717) is 13.0 Å². The topological polar surface area (TPSA) is 63.6 Å². The van der Waals surface area contributed by atoms with E-state index >= 15 is 0 Å². The summed E-state index contributed by atoms with van der Waals surface area (Å²) in [5.41, 5.74) is 0. The van der Waals surface area contributed by atoms with Crippen LogP contribution in [0.3, 0.4) is 0 Å². The second-order valence-corrected chi connectivity index (χ2v) is 4.86. The second-order valence-electron chi connectivity index (χ2n) is 4.44. The first kappa shape index (κ1) is 16.4. The van der Waals surface area contributed by atoms with Gasteiger partial charge in [0.15, 0.2) is 0 Å². The highest BCUT2D eigenvalue weighted by Gasteiger charge is 2.10. The Morgan fingerprint density at radius 3 is 2.47 bits per heavy atom. The Bertz CT molecular complexity index is 241. The Kier molecular flexibility index (Phi) is 9.09. The second kappa shape index (κ2) is 9.42. The predicted octanol–water partition coefficient (Wildman–Crippen LogP) is 2.26. The first-order valence-electron chi connectivity index (χ1n) is 5.93. The summed E-state index contributed by atoms with van der Waals surface area (Å²) in [6.07, 6.45) is 2.34. The normalized spacial score (nSPS) is 14.1. The van der Waals surface area contributed by atoms with E-state index < -0.39 is 6.10 Å². The molecular weight excluding hydrogens is 244 g/mol. The van der Waals surface area contributed by atoms with E-state index in [1.165, 1.54) is 0 Å². The van der Waals surface area contributed by atoms with E-state index in [4.69, 9.17) is 21.4 Å². The fourth-order valence-corrected chi connectivity index (χ4v) is 1.51. The summed E-state index contributed by atoms with van der Waals surface area (Å²) in [7, 11) is 0. The van der Waals surface area contributed by atoms with Gasteiger partial charge in [0.25, 0.3) is 0 Å². The lowest BCUT2D eigenvalue weighted by Crippen LogP contribution is -2.16. The van der Waals surface area contributed by atoms with Crippen molar-refractivity contribution in [1.29, 1.82) is 0 Å². The summed E-state index contributed by atoms with van der Waals surface area (Å²) in [5, 5.41) is 8.66. The summed E-state index contributed by atoms with van der Waals surface area (Å²) >= 11 is 5.21. The van der Waals surface area contributed by atoms with Crippen molar-refractivity contribution in [2.24, 2.45) is 5.92 Å². The smallest absolute Gasteiger partial charge is 0.308 e. The number of rotatable bonds is 9. The fraction of sp³-hybridized carbons (Fsp3) is 0.833. The molecule has 0 aliphatic heterocycles. The van der Waals surface area contributed by atoms with Crippen LogP contribution >= 0.6 is 11.6 Å². The van der Waals surface area contributed by atoms with Gasteiger partial charge in [-0.3, -0.25) is 9.59 Å². The van der Waals surface area contributed by atoms with Gasteiger partial charge in [0.2, 0.25) is 5.24 Å². The first-order chi connectivity index (χ1) is 7.91. The van der Waals surface area contributed by atoms with E-state index in [0.717, 1.165) is 19.3 Å². The number of carbonyl (C=O) groups is 2. The molecule has 0 saturated carbocycles. The number of unbranched alkanes of at least 4 members (excludes halogenated alkanes) is 1. The van der Waals surface area contributed by atoms with Crippen LogP contribution in [0.25, 0.3) is 0 Å². The van der Waals surface area contributed by atoms with Gasteiger partial charge in [-0.25, -0.2) is 0 Å². The summed E-state index contributed by atoms with van der Waals surface area (Å²) in [6, 6.07) is 0. The summed E-state index contributed by atoms with van der Waals surface area (Å²) in [6.45, 7) is 3.90. The molecule has 1 N–H and O–H groups in total. The van der Waals surface area contributed by atoms with Crippen molar-refractivity contribution >= 4 is 22.8 Å². The van der Waals surface area contributed by atoms with Crippen molar-refractivity contribution in [3.05, 3.63) is 0 Å². The standard InChI is InChI=1S/C12H21ClO4/c1-9(5-3-4-6-11(13)15)8-17-12(16)7-10(2)14/h9-10,14H,3-8H2,1-2H3/t9?,10-/m1/s1. The van der Waals surface area contributed by atoms with Gasteiger partial charge in [-0.15, -0.1) is 0 Å². The molecule has 100 valence electrons. The van der Waals surface area contributed by atoms with E-state index in [2.05, 4.69) is 0 Å². The average Bonchev–Trinajstić information content (AvgIpc) is 2.20.